The molecule has 0 aromatic heterocycles. The number of rotatable bonds is 2. The van der Waals surface area contributed by atoms with E-state index in [0.717, 1.165) is 12.0 Å². The van der Waals surface area contributed by atoms with E-state index in [4.69, 9.17) is 0 Å². The third-order valence-electron chi connectivity index (χ3n) is 1.85. The highest BCUT2D eigenvalue weighted by molar-refractivity contribution is 5.97. The zero-order valence-corrected chi connectivity index (χ0v) is 9.97. The topological polar surface area (TPSA) is 43.4 Å². The third-order valence-corrected chi connectivity index (χ3v) is 1.85. The Morgan fingerprint density at radius 3 is 2.40 bits per heavy atom. The minimum atomic E-state index is -0.582. The molecule has 0 bridgehead atoms. The normalized spacial score (nSPS) is 8.93. The van der Waals surface area contributed by atoms with Gasteiger partial charge >= 0.3 is 11.9 Å². The van der Waals surface area contributed by atoms with Gasteiger partial charge in [0.2, 0.25) is 0 Å². The van der Waals surface area contributed by atoms with Gasteiger partial charge in [0.25, 0.3) is 0 Å². The molecule has 0 N–H and O–H groups in total. The van der Waals surface area contributed by atoms with E-state index in [9.17, 15) is 9.59 Å². The lowest BCUT2D eigenvalue weighted by Gasteiger charge is -2.04. The Morgan fingerprint density at radius 1 is 1.27 bits per heavy atom. The number of carbonyl (C=O) groups excluding carboxylic acids is 2. The standard InChI is InChI=1S/C11H12O3.Al/c1-3-9-6-4-5-7-10(9)11(13)14-8(2)12;/h4-7H,3H2,1-2H3;. The second-order valence-electron chi connectivity index (χ2n) is 2.89. The molecular formula is C11H12AlO3. The molecule has 1 aromatic carbocycles. The third kappa shape index (κ3) is 3.87. The molecule has 3 nitrogen and oxygen atoms in total. The van der Waals surface area contributed by atoms with E-state index < -0.39 is 11.9 Å². The smallest absolute Gasteiger partial charge is 0.346 e. The number of aryl methyl sites for hydroxylation is 1. The molecule has 0 unspecified atom stereocenters. The Balaban J connectivity index is 0.00000196. The molecule has 1 rings (SSSR count). The van der Waals surface area contributed by atoms with Crippen LogP contribution in [0.15, 0.2) is 24.3 Å². The van der Waals surface area contributed by atoms with Crippen LogP contribution in [0, 0.1) is 0 Å². The maximum Gasteiger partial charge on any atom is 0.346 e. The van der Waals surface area contributed by atoms with Gasteiger partial charge in [-0.1, -0.05) is 25.1 Å². The maximum atomic E-state index is 11.4. The number of esters is 2. The van der Waals surface area contributed by atoms with Crippen molar-refractivity contribution in [1.82, 2.24) is 0 Å². The van der Waals surface area contributed by atoms with Crippen molar-refractivity contribution in [2.24, 2.45) is 0 Å². The van der Waals surface area contributed by atoms with Gasteiger partial charge in [-0.2, -0.15) is 0 Å². The summed E-state index contributed by atoms with van der Waals surface area (Å²) in [6.07, 6.45) is 0.739. The van der Waals surface area contributed by atoms with Crippen LogP contribution in [0.1, 0.15) is 29.8 Å². The summed E-state index contributed by atoms with van der Waals surface area (Å²) in [6, 6.07) is 7.10. The highest BCUT2D eigenvalue weighted by Crippen LogP contribution is 2.10. The molecule has 0 aliphatic heterocycles. The zero-order chi connectivity index (χ0) is 10.6. The molecule has 0 saturated heterocycles. The van der Waals surface area contributed by atoms with Crippen molar-refractivity contribution in [3.05, 3.63) is 35.4 Å². The predicted octanol–water partition coefficient (Wildman–Crippen LogP) is 1.57. The highest BCUT2D eigenvalue weighted by Gasteiger charge is 2.12. The molecule has 0 aliphatic carbocycles. The maximum absolute atomic E-state index is 11.4. The number of hydrogen-bond acceptors (Lipinski definition) is 3. The molecule has 0 aliphatic rings. The van der Waals surface area contributed by atoms with Crippen LogP contribution < -0.4 is 0 Å². The van der Waals surface area contributed by atoms with Crippen molar-refractivity contribution in [2.45, 2.75) is 20.3 Å². The van der Waals surface area contributed by atoms with Gasteiger partial charge in [0.1, 0.15) is 0 Å². The lowest BCUT2D eigenvalue weighted by molar-refractivity contribution is -0.135. The van der Waals surface area contributed by atoms with E-state index in [1.165, 1.54) is 6.92 Å². The zero-order valence-electron chi connectivity index (χ0n) is 8.82. The summed E-state index contributed by atoms with van der Waals surface area (Å²) in [6.45, 7) is 3.16. The quantitative estimate of drug-likeness (QED) is 0.431. The average Bonchev–Trinajstić information content (AvgIpc) is 2.16. The summed E-state index contributed by atoms with van der Waals surface area (Å²) in [4.78, 5) is 22.0. The van der Waals surface area contributed by atoms with Crippen molar-refractivity contribution in [2.75, 3.05) is 0 Å². The van der Waals surface area contributed by atoms with Crippen LogP contribution in [0.5, 0.6) is 0 Å². The summed E-state index contributed by atoms with van der Waals surface area (Å²) in [5, 5.41) is 0. The molecule has 15 heavy (non-hydrogen) atoms. The van der Waals surface area contributed by atoms with Crippen LogP contribution in [0.3, 0.4) is 0 Å². The predicted molar refractivity (Wildman–Crippen MR) is 57.7 cm³/mol. The van der Waals surface area contributed by atoms with Crippen molar-refractivity contribution in [3.63, 3.8) is 0 Å². The highest BCUT2D eigenvalue weighted by atomic mass is 27.0. The summed E-state index contributed by atoms with van der Waals surface area (Å²) < 4.78 is 4.50. The van der Waals surface area contributed by atoms with Crippen LogP contribution in [0.25, 0.3) is 0 Å². The van der Waals surface area contributed by atoms with Crippen LogP contribution in [0.2, 0.25) is 0 Å². The van der Waals surface area contributed by atoms with E-state index in [2.05, 4.69) is 4.74 Å². The SMILES string of the molecule is CCc1ccccc1C(=O)OC(C)=O.[Al]. The largest absolute Gasteiger partial charge is 0.390 e. The Kier molecular flexibility index (Phi) is 5.92. The average molecular weight is 219 g/mol. The van der Waals surface area contributed by atoms with Crippen LogP contribution >= 0.6 is 0 Å². The first-order valence-electron chi connectivity index (χ1n) is 4.45. The van der Waals surface area contributed by atoms with Gasteiger partial charge in [-0.15, -0.1) is 0 Å². The summed E-state index contributed by atoms with van der Waals surface area (Å²) in [5.74, 6) is -1.16. The fourth-order valence-electron chi connectivity index (χ4n) is 1.21. The Labute approximate surface area is 99.6 Å². The second-order valence-corrected chi connectivity index (χ2v) is 2.89. The van der Waals surface area contributed by atoms with Crippen LogP contribution in [0.4, 0.5) is 0 Å². The first-order chi connectivity index (χ1) is 6.65. The Morgan fingerprint density at radius 2 is 1.87 bits per heavy atom. The minimum absolute atomic E-state index is 0. The van der Waals surface area contributed by atoms with Gasteiger partial charge in [-0.05, 0) is 18.1 Å². The first kappa shape index (κ1) is 13.9. The van der Waals surface area contributed by atoms with Crippen LogP contribution in [-0.4, -0.2) is 29.3 Å². The fraction of sp³-hybridized carbons (Fsp3) is 0.273. The van der Waals surface area contributed by atoms with Gasteiger partial charge in [0, 0.05) is 24.3 Å². The molecule has 77 valence electrons. The number of hydrogen-bond donors (Lipinski definition) is 0. The summed E-state index contributed by atoms with van der Waals surface area (Å²) in [7, 11) is 0. The van der Waals surface area contributed by atoms with Crippen molar-refractivity contribution in [3.8, 4) is 0 Å². The molecule has 0 spiro atoms. The van der Waals surface area contributed by atoms with E-state index in [-0.39, 0.29) is 17.4 Å². The lowest BCUT2D eigenvalue weighted by Crippen LogP contribution is -2.11. The van der Waals surface area contributed by atoms with Gasteiger partial charge in [0.15, 0.2) is 0 Å². The molecular weight excluding hydrogens is 207 g/mol. The molecule has 0 atom stereocenters. The number of carbonyl (C=O) groups is 2. The second kappa shape index (κ2) is 6.39. The number of benzene rings is 1. The minimum Gasteiger partial charge on any atom is -0.390 e. The molecule has 0 saturated carbocycles. The van der Waals surface area contributed by atoms with E-state index in [0.29, 0.717) is 5.56 Å². The molecule has 0 amide bonds. The van der Waals surface area contributed by atoms with Crippen LogP contribution in [-0.2, 0) is 16.0 Å². The lowest BCUT2D eigenvalue weighted by atomic mass is 10.1. The summed E-state index contributed by atoms with van der Waals surface area (Å²) in [5.41, 5.74) is 1.35. The van der Waals surface area contributed by atoms with E-state index in [1.807, 2.05) is 19.1 Å². The molecule has 4 heteroatoms. The van der Waals surface area contributed by atoms with Crippen molar-refractivity contribution < 1.29 is 14.3 Å². The van der Waals surface area contributed by atoms with Gasteiger partial charge in [-0.3, -0.25) is 4.79 Å². The first-order valence-corrected chi connectivity index (χ1v) is 4.45. The monoisotopic (exact) mass is 219 g/mol. The molecule has 3 radical (unpaired) electrons. The fourth-order valence-corrected chi connectivity index (χ4v) is 1.21. The van der Waals surface area contributed by atoms with Gasteiger partial charge < -0.3 is 4.74 Å². The molecule has 0 fully saturated rings. The van der Waals surface area contributed by atoms with Gasteiger partial charge in [0.05, 0.1) is 5.56 Å². The van der Waals surface area contributed by atoms with E-state index in [1.54, 1.807) is 12.1 Å². The Hall–Kier alpha value is -1.11. The number of ether oxygens (including phenoxy) is 1. The molecule has 0 heterocycles. The molecule has 1 aromatic rings. The van der Waals surface area contributed by atoms with Crippen molar-refractivity contribution >= 4 is 29.3 Å². The summed E-state index contributed by atoms with van der Waals surface area (Å²) >= 11 is 0. The Bertz CT molecular complexity index is 361. The van der Waals surface area contributed by atoms with E-state index >= 15 is 0 Å². The van der Waals surface area contributed by atoms with Crippen molar-refractivity contribution in [1.29, 1.82) is 0 Å². The van der Waals surface area contributed by atoms with Gasteiger partial charge in [-0.25, -0.2) is 4.79 Å².